The standard InChI is InChI=1S/C20H31N5O2/c26-20(25-8-5-18(6-9-25)24-10-12-27-13-11-24)16-3-4-19(22-14-16)23-17-2-1-7-21-15-17/h3-4,14,17-18,21H,1-2,5-13,15H2,(H,22,23)/t17-/m0/s1. The molecule has 148 valence electrons. The number of pyridine rings is 1. The zero-order valence-corrected chi connectivity index (χ0v) is 16.0. The van der Waals surface area contributed by atoms with Gasteiger partial charge < -0.3 is 20.3 Å². The molecule has 27 heavy (non-hydrogen) atoms. The molecule has 7 nitrogen and oxygen atoms in total. The third-order valence-electron chi connectivity index (χ3n) is 5.97. The molecule has 3 saturated heterocycles. The van der Waals surface area contributed by atoms with Gasteiger partial charge in [-0.05, 0) is 44.4 Å². The highest BCUT2D eigenvalue weighted by molar-refractivity contribution is 5.94. The van der Waals surface area contributed by atoms with Gasteiger partial charge in [0.05, 0.1) is 18.8 Å². The fraction of sp³-hybridized carbons (Fsp3) is 0.700. The molecule has 3 aliphatic rings. The first-order valence-corrected chi connectivity index (χ1v) is 10.3. The Bertz CT molecular complexity index is 603. The minimum Gasteiger partial charge on any atom is -0.379 e. The van der Waals surface area contributed by atoms with Crippen molar-refractivity contribution < 1.29 is 9.53 Å². The van der Waals surface area contributed by atoms with E-state index in [1.165, 1.54) is 6.42 Å². The first kappa shape index (κ1) is 18.7. The second-order valence-electron chi connectivity index (χ2n) is 7.79. The van der Waals surface area contributed by atoms with E-state index in [0.29, 0.717) is 17.6 Å². The summed E-state index contributed by atoms with van der Waals surface area (Å²) in [4.78, 5) is 21.8. The van der Waals surface area contributed by atoms with Crippen molar-refractivity contribution in [3.8, 4) is 0 Å². The van der Waals surface area contributed by atoms with Gasteiger partial charge in [-0.25, -0.2) is 4.98 Å². The Labute approximate surface area is 161 Å². The molecule has 0 saturated carbocycles. The summed E-state index contributed by atoms with van der Waals surface area (Å²) >= 11 is 0. The molecule has 3 aliphatic heterocycles. The zero-order valence-electron chi connectivity index (χ0n) is 16.0. The van der Waals surface area contributed by atoms with Crippen LogP contribution in [0.4, 0.5) is 5.82 Å². The molecule has 4 rings (SSSR count). The predicted octanol–water partition coefficient (Wildman–Crippen LogP) is 1.18. The number of rotatable bonds is 4. The van der Waals surface area contributed by atoms with Gasteiger partial charge in [0.1, 0.15) is 5.82 Å². The lowest BCUT2D eigenvalue weighted by Crippen LogP contribution is -2.50. The highest BCUT2D eigenvalue weighted by Crippen LogP contribution is 2.20. The molecule has 3 fully saturated rings. The second-order valence-corrected chi connectivity index (χ2v) is 7.79. The molecular weight excluding hydrogens is 342 g/mol. The summed E-state index contributed by atoms with van der Waals surface area (Å²) < 4.78 is 5.44. The molecule has 0 aliphatic carbocycles. The van der Waals surface area contributed by atoms with Gasteiger partial charge in [0.15, 0.2) is 0 Å². The number of hydrogen-bond donors (Lipinski definition) is 2. The Kier molecular flexibility index (Phi) is 6.21. The van der Waals surface area contributed by atoms with Crippen LogP contribution in [0.2, 0.25) is 0 Å². The Morgan fingerprint density at radius 3 is 2.63 bits per heavy atom. The minimum absolute atomic E-state index is 0.105. The number of nitrogens with one attached hydrogen (secondary N) is 2. The van der Waals surface area contributed by atoms with Crippen molar-refractivity contribution in [1.29, 1.82) is 0 Å². The van der Waals surface area contributed by atoms with Crippen molar-refractivity contribution in [3.05, 3.63) is 23.9 Å². The first-order valence-electron chi connectivity index (χ1n) is 10.3. The van der Waals surface area contributed by atoms with Crippen LogP contribution >= 0.6 is 0 Å². The molecule has 1 aromatic heterocycles. The average Bonchev–Trinajstić information content (AvgIpc) is 2.75. The van der Waals surface area contributed by atoms with Gasteiger partial charge in [-0.1, -0.05) is 0 Å². The molecule has 7 heteroatoms. The van der Waals surface area contributed by atoms with Crippen LogP contribution in [-0.2, 0) is 4.74 Å². The summed E-state index contributed by atoms with van der Waals surface area (Å²) in [7, 11) is 0. The Balaban J connectivity index is 1.28. The van der Waals surface area contributed by atoms with Gasteiger partial charge in [0, 0.05) is 51.0 Å². The number of amides is 1. The number of carbonyl (C=O) groups is 1. The summed E-state index contributed by atoms with van der Waals surface area (Å²) in [6.45, 7) is 7.44. The molecule has 0 radical (unpaired) electrons. The third-order valence-corrected chi connectivity index (χ3v) is 5.97. The van der Waals surface area contributed by atoms with Crippen LogP contribution in [0.25, 0.3) is 0 Å². The normalized spacial score (nSPS) is 25.3. The molecule has 0 aromatic carbocycles. The maximum absolute atomic E-state index is 12.8. The number of piperidine rings is 2. The summed E-state index contributed by atoms with van der Waals surface area (Å²) in [5.74, 6) is 0.958. The minimum atomic E-state index is 0.105. The third kappa shape index (κ3) is 4.78. The van der Waals surface area contributed by atoms with E-state index in [4.69, 9.17) is 4.74 Å². The monoisotopic (exact) mass is 373 g/mol. The second kappa shape index (κ2) is 8.99. The Morgan fingerprint density at radius 1 is 1.15 bits per heavy atom. The van der Waals surface area contributed by atoms with E-state index < -0.39 is 0 Å². The quantitative estimate of drug-likeness (QED) is 0.826. The lowest BCUT2D eigenvalue weighted by molar-refractivity contribution is 0.00158. The van der Waals surface area contributed by atoms with E-state index in [1.54, 1.807) is 6.20 Å². The van der Waals surface area contributed by atoms with Crippen LogP contribution in [0.3, 0.4) is 0 Å². The summed E-state index contributed by atoms with van der Waals surface area (Å²) in [6.07, 6.45) is 6.16. The molecule has 4 heterocycles. The number of hydrogen-bond acceptors (Lipinski definition) is 6. The lowest BCUT2D eigenvalue weighted by atomic mass is 10.0. The molecule has 1 amide bonds. The average molecular weight is 374 g/mol. The first-order chi connectivity index (χ1) is 13.3. The molecule has 1 aromatic rings. The van der Waals surface area contributed by atoms with Gasteiger partial charge >= 0.3 is 0 Å². The largest absolute Gasteiger partial charge is 0.379 e. The zero-order chi connectivity index (χ0) is 18.5. The van der Waals surface area contributed by atoms with Gasteiger partial charge in [-0.15, -0.1) is 0 Å². The van der Waals surface area contributed by atoms with E-state index in [0.717, 1.165) is 77.6 Å². The van der Waals surface area contributed by atoms with Crippen molar-refractivity contribution in [3.63, 3.8) is 0 Å². The van der Waals surface area contributed by atoms with E-state index in [1.807, 2.05) is 17.0 Å². The molecular formula is C20H31N5O2. The van der Waals surface area contributed by atoms with Crippen molar-refractivity contribution in [2.24, 2.45) is 0 Å². The molecule has 0 spiro atoms. The number of morpholine rings is 1. The van der Waals surface area contributed by atoms with Crippen molar-refractivity contribution in [2.75, 3.05) is 57.8 Å². The topological polar surface area (TPSA) is 69.7 Å². The van der Waals surface area contributed by atoms with E-state index in [9.17, 15) is 4.79 Å². The predicted molar refractivity (Wildman–Crippen MR) is 105 cm³/mol. The fourth-order valence-corrected chi connectivity index (χ4v) is 4.35. The SMILES string of the molecule is O=C(c1ccc(N[C@H]2CCCNC2)nc1)N1CCC(N2CCOCC2)CC1. The van der Waals surface area contributed by atoms with Crippen LogP contribution in [0.5, 0.6) is 0 Å². The van der Waals surface area contributed by atoms with Crippen molar-refractivity contribution in [1.82, 2.24) is 20.1 Å². The smallest absolute Gasteiger partial charge is 0.255 e. The van der Waals surface area contributed by atoms with Crippen LogP contribution in [0.1, 0.15) is 36.0 Å². The number of carbonyl (C=O) groups excluding carboxylic acids is 1. The highest BCUT2D eigenvalue weighted by Gasteiger charge is 2.28. The number of aromatic nitrogens is 1. The Hall–Kier alpha value is -1.70. The molecule has 0 bridgehead atoms. The molecule has 0 unspecified atom stereocenters. The number of anilines is 1. The van der Waals surface area contributed by atoms with Gasteiger partial charge in [-0.3, -0.25) is 9.69 Å². The lowest BCUT2D eigenvalue weighted by Gasteiger charge is -2.40. The van der Waals surface area contributed by atoms with Crippen LogP contribution in [0, 0.1) is 0 Å². The maximum Gasteiger partial charge on any atom is 0.255 e. The van der Waals surface area contributed by atoms with Gasteiger partial charge in [-0.2, -0.15) is 0 Å². The molecule has 1 atom stereocenters. The van der Waals surface area contributed by atoms with Crippen LogP contribution < -0.4 is 10.6 Å². The van der Waals surface area contributed by atoms with Crippen molar-refractivity contribution in [2.45, 2.75) is 37.8 Å². The van der Waals surface area contributed by atoms with Gasteiger partial charge in [0.2, 0.25) is 0 Å². The summed E-state index contributed by atoms with van der Waals surface area (Å²) in [5, 5.41) is 6.85. The number of ether oxygens (including phenoxy) is 1. The van der Waals surface area contributed by atoms with Crippen molar-refractivity contribution >= 4 is 11.7 Å². The Morgan fingerprint density at radius 2 is 1.96 bits per heavy atom. The van der Waals surface area contributed by atoms with E-state index in [2.05, 4.69) is 20.5 Å². The fourth-order valence-electron chi connectivity index (χ4n) is 4.35. The van der Waals surface area contributed by atoms with Crippen LogP contribution in [-0.4, -0.2) is 85.3 Å². The number of nitrogens with zero attached hydrogens (tertiary/aromatic N) is 3. The van der Waals surface area contributed by atoms with E-state index >= 15 is 0 Å². The summed E-state index contributed by atoms with van der Waals surface area (Å²) in [6, 6.07) is 4.85. The maximum atomic E-state index is 12.8. The summed E-state index contributed by atoms with van der Waals surface area (Å²) in [5.41, 5.74) is 0.687. The van der Waals surface area contributed by atoms with Crippen LogP contribution in [0.15, 0.2) is 18.3 Å². The molecule has 2 N–H and O–H groups in total. The highest BCUT2D eigenvalue weighted by atomic mass is 16.5. The van der Waals surface area contributed by atoms with Gasteiger partial charge in [0.25, 0.3) is 5.91 Å². The van der Waals surface area contributed by atoms with E-state index in [-0.39, 0.29) is 5.91 Å². The number of likely N-dealkylation sites (tertiary alicyclic amines) is 1.